The third-order valence-corrected chi connectivity index (χ3v) is 6.30. The van der Waals surface area contributed by atoms with Crippen LogP contribution < -0.4 is 11.1 Å². The van der Waals surface area contributed by atoms with E-state index in [9.17, 15) is 13.2 Å². The summed E-state index contributed by atoms with van der Waals surface area (Å²) in [6.45, 7) is 4.21. The molecule has 0 spiro atoms. The monoisotopic (exact) mass is 349 g/mol. The first-order valence-corrected chi connectivity index (χ1v) is 8.93. The van der Waals surface area contributed by atoms with E-state index in [-0.39, 0.29) is 21.6 Å². The van der Waals surface area contributed by atoms with Crippen LogP contribution in [0.5, 0.6) is 0 Å². The van der Waals surface area contributed by atoms with Crippen molar-refractivity contribution in [1.82, 2.24) is 9.62 Å². The highest BCUT2D eigenvalue weighted by Crippen LogP contribution is 2.24. The van der Waals surface area contributed by atoms with Crippen molar-refractivity contribution in [1.29, 1.82) is 0 Å². The van der Waals surface area contributed by atoms with Gasteiger partial charge in [0.2, 0.25) is 5.91 Å². The van der Waals surface area contributed by atoms with Gasteiger partial charge in [0.15, 0.2) is 0 Å². The molecule has 0 aliphatic carbocycles. The molecule has 3 N–H and O–H groups in total. The van der Waals surface area contributed by atoms with Gasteiger partial charge in [-0.15, -0.1) is 11.3 Å². The van der Waals surface area contributed by atoms with Gasteiger partial charge in [-0.2, -0.15) is 4.31 Å². The number of thiophene rings is 1. The molecular weight excluding hydrogens is 330 g/mol. The van der Waals surface area contributed by atoms with Crippen LogP contribution in [0.1, 0.15) is 18.7 Å². The van der Waals surface area contributed by atoms with Crippen LogP contribution >= 0.6 is 23.6 Å². The van der Waals surface area contributed by atoms with E-state index in [1.807, 2.05) is 13.8 Å². The predicted molar refractivity (Wildman–Crippen MR) is 87.9 cm³/mol. The second-order valence-corrected chi connectivity index (χ2v) is 8.74. The SMILES string of the molecule is CC(C)CNC(=O)CN(C)S(=O)(=O)c1ccc(C(N)=S)s1. The molecule has 0 saturated heterocycles. The number of sulfonamides is 1. The molecule has 0 unspecified atom stereocenters. The Morgan fingerprint density at radius 2 is 2.10 bits per heavy atom. The number of hydrogen-bond acceptors (Lipinski definition) is 5. The number of rotatable bonds is 7. The van der Waals surface area contributed by atoms with Crippen LogP contribution in [0.3, 0.4) is 0 Å². The molecule has 6 nitrogen and oxygen atoms in total. The van der Waals surface area contributed by atoms with Gasteiger partial charge in [-0.25, -0.2) is 8.42 Å². The first kappa shape index (κ1) is 18.0. The van der Waals surface area contributed by atoms with Gasteiger partial charge in [0.05, 0.1) is 11.4 Å². The van der Waals surface area contributed by atoms with Gasteiger partial charge in [0.1, 0.15) is 9.20 Å². The molecule has 118 valence electrons. The van der Waals surface area contributed by atoms with Gasteiger partial charge in [-0.05, 0) is 18.1 Å². The van der Waals surface area contributed by atoms with Gasteiger partial charge in [-0.3, -0.25) is 4.79 Å². The molecule has 0 bridgehead atoms. The Labute approximate surface area is 134 Å². The largest absolute Gasteiger partial charge is 0.389 e. The summed E-state index contributed by atoms with van der Waals surface area (Å²) in [6.07, 6.45) is 0. The molecule has 9 heteroatoms. The third kappa shape index (κ3) is 5.03. The smallest absolute Gasteiger partial charge is 0.252 e. The number of likely N-dealkylation sites (N-methyl/N-ethyl adjacent to an activating group) is 1. The number of nitrogens with one attached hydrogen (secondary N) is 1. The number of nitrogens with zero attached hydrogens (tertiary/aromatic N) is 1. The van der Waals surface area contributed by atoms with Crippen molar-refractivity contribution in [3.05, 3.63) is 17.0 Å². The van der Waals surface area contributed by atoms with Gasteiger partial charge >= 0.3 is 0 Å². The lowest BCUT2D eigenvalue weighted by molar-refractivity contribution is -0.121. The molecule has 1 rings (SSSR count). The minimum atomic E-state index is -3.71. The van der Waals surface area contributed by atoms with Gasteiger partial charge < -0.3 is 11.1 Å². The molecule has 0 aliphatic rings. The minimum absolute atomic E-state index is 0.115. The molecule has 1 heterocycles. The lowest BCUT2D eigenvalue weighted by atomic mass is 10.2. The van der Waals surface area contributed by atoms with Gasteiger partial charge in [0.25, 0.3) is 10.0 Å². The maximum absolute atomic E-state index is 12.3. The van der Waals surface area contributed by atoms with Crippen molar-refractivity contribution in [3.63, 3.8) is 0 Å². The lowest BCUT2D eigenvalue weighted by Crippen LogP contribution is -2.39. The molecule has 0 saturated carbocycles. The summed E-state index contributed by atoms with van der Waals surface area (Å²) in [4.78, 5) is 12.4. The molecule has 1 amide bonds. The zero-order chi connectivity index (χ0) is 16.2. The van der Waals surface area contributed by atoms with Gasteiger partial charge in [-0.1, -0.05) is 26.1 Å². The number of hydrogen-bond donors (Lipinski definition) is 2. The van der Waals surface area contributed by atoms with Gasteiger partial charge in [0, 0.05) is 13.6 Å². The standard InChI is InChI=1S/C12H19N3O3S3/c1-8(2)6-14-10(16)7-15(3)21(17,18)11-5-4-9(20-11)12(13)19/h4-5,8H,6-7H2,1-3H3,(H2,13,19)(H,14,16). The summed E-state index contributed by atoms with van der Waals surface area (Å²) < 4.78 is 25.8. The van der Waals surface area contributed by atoms with E-state index in [4.69, 9.17) is 18.0 Å². The summed E-state index contributed by atoms with van der Waals surface area (Å²) in [7, 11) is -2.34. The number of thiocarbonyl (C=S) groups is 1. The highest BCUT2D eigenvalue weighted by Gasteiger charge is 2.25. The fourth-order valence-corrected chi connectivity index (χ4v) is 4.10. The summed E-state index contributed by atoms with van der Waals surface area (Å²) in [6, 6.07) is 3.00. The first-order chi connectivity index (χ1) is 9.64. The summed E-state index contributed by atoms with van der Waals surface area (Å²) in [5.41, 5.74) is 5.46. The predicted octanol–water partition coefficient (Wildman–Crippen LogP) is 0.775. The quantitative estimate of drug-likeness (QED) is 0.710. The molecule has 21 heavy (non-hydrogen) atoms. The van der Waals surface area contributed by atoms with Crippen LogP contribution in [0.4, 0.5) is 0 Å². The van der Waals surface area contributed by atoms with Crippen LogP contribution in [-0.4, -0.2) is 43.8 Å². The van der Waals surface area contributed by atoms with Crippen LogP contribution in [0, 0.1) is 5.92 Å². The summed E-state index contributed by atoms with van der Waals surface area (Å²) in [5, 5.41) is 2.68. The third-order valence-electron chi connectivity index (χ3n) is 2.56. The highest BCUT2D eigenvalue weighted by atomic mass is 32.2. The average Bonchev–Trinajstić information content (AvgIpc) is 2.86. The lowest BCUT2D eigenvalue weighted by Gasteiger charge is -2.16. The molecule has 0 radical (unpaired) electrons. The molecule has 0 aliphatic heterocycles. The normalized spacial score (nSPS) is 11.9. The van der Waals surface area contributed by atoms with Crippen LogP contribution in [0.2, 0.25) is 0 Å². The topological polar surface area (TPSA) is 92.5 Å². The van der Waals surface area contributed by atoms with Crippen molar-refractivity contribution >= 4 is 44.5 Å². The Hall–Kier alpha value is -1.03. The van der Waals surface area contributed by atoms with E-state index in [0.29, 0.717) is 17.3 Å². The fraction of sp³-hybridized carbons (Fsp3) is 0.500. The molecule has 1 aromatic heterocycles. The minimum Gasteiger partial charge on any atom is -0.389 e. The Morgan fingerprint density at radius 3 is 2.57 bits per heavy atom. The number of carbonyl (C=O) groups excluding carboxylic acids is 1. The molecule has 1 aromatic rings. The highest BCUT2D eigenvalue weighted by molar-refractivity contribution is 7.91. The van der Waals surface area contributed by atoms with Crippen molar-refractivity contribution in [3.8, 4) is 0 Å². The maximum Gasteiger partial charge on any atom is 0.252 e. The molecule has 0 aromatic carbocycles. The summed E-state index contributed by atoms with van der Waals surface area (Å²) >= 11 is 5.80. The van der Waals surface area contributed by atoms with E-state index >= 15 is 0 Å². The Kier molecular flexibility index (Phi) is 6.26. The second kappa shape index (κ2) is 7.30. The van der Waals surface area contributed by atoms with E-state index < -0.39 is 10.0 Å². The van der Waals surface area contributed by atoms with Crippen LogP contribution in [-0.2, 0) is 14.8 Å². The van der Waals surface area contributed by atoms with Crippen molar-refractivity contribution in [2.75, 3.05) is 20.1 Å². The zero-order valence-electron chi connectivity index (χ0n) is 12.1. The van der Waals surface area contributed by atoms with E-state index in [0.717, 1.165) is 15.6 Å². The molecular formula is C12H19N3O3S3. The first-order valence-electron chi connectivity index (χ1n) is 6.27. The average molecular weight is 350 g/mol. The maximum atomic E-state index is 12.3. The van der Waals surface area contributed by atoms with Crippen molar-refractivity contribution in [2.45, 2.75) is 18.1 Å². The Morgan fingerprint density at radius 1 is 1.48 bits per heavy atom. The molecule has 0 atom stereocenters. The van der Waals surface area contributed by atoms with E-state index in [1.54, 1.807) is 6.07 Å². The number of carbonyl (C=O) groups is 1. The van der Waals surface area contributed by atoms with Crippen molar-refractivity contribution in [2.24, 2.45) is 11.7 Å². The Balaban J connectivity index is 2.77. The number of nitrogens with two attached hydrogens (primary N) is 1. The fourth-order valence-electron chi connectivity index (χ4n) is 1.41. The number of amides is 1. The van der Waals surface area contributed by atoms with Crippen molar-refractivity contribution < 1.29 is 13.2 Å². The van der Waals surface area contributed by atoms with Crippen LogP contribution in [0.25, 0.3) is 0 Å². The Bertz CT molecular complexity index is 623. The second-order valence-electron chi connectivity index (χ2n) is 4.94. The molecule has 0 fully saturated rings. The van der Waals surface area contributed by atoms with Crippen LogP contribution in [0.15, 0.2) is 16.3 Å². The zero-order valence-corrected chi connectivity index (χ0v) is 14.6. The van der Waals surface area contributed by atoms with E-state index in [2.05, 4.69) is 5.32 Å². The van der Waals surface area contributed by atoms with E-state index in [1.165, 1.54) is 13.1 Å². The summed E-state index contributed by atoms with van der Waals surface area (Å²) in [5.74, 6) is -0.0258.